The monoisotopic (exact) mass is 323 g/mol. The lowest BCUT2D eigenvalue weighted by Crippen LogP contribution is -2.34. The van der Waals surface area contributed by atoms with Crippen molar-refractivity contribution < 1.29 is 4.42 Å². The van der Waals surface area contributed by atoms with Crippen LogP contribution in [-0.4, -0.2) is 9.90 Å². The molecular formula is C15H18BrNO2. The summed E-state index contributed by atoms with van der Waals surface area (Å²) in [6.45, 7) is 0.758. The van der Waals surface area contributed by atoms with Gasteiger partial charge in [-0.2, -0.15) is 0 Å². The molecule has 1 aromatic carbocycles. The summed E-state index contributed by atoms with van der Waals surface area (Å²) in [7, 11) is 0. The molecule has 0 spiro atoms. The van der Waals surface area contributed by atoms with Gasteiger partial charge in [0.2, 0.25) is 0 Å². The van der Waals surface area contributed by atoms with Crippen LogP contribution < -0.4 is 5.76 Å². The summed E-state index contributed by atoms with van der Waals surface area (Å²) in [6.07, 6.45) is 6.20. The minimum Gasteiger partial charge on any atom is -0.408 e. The fourth-order valence-corrected chi connectivity index (χ4v) is 3.87. The van der Waals surface area contributed by atoms with E-state index in [4.69, 9.17) is 4.42 Å². The first kappa shape index (κ1) is 13.0. The summed E-state index contributed by atoms with van der Waals surface area (Å²) in [5.74, 6) is -0.230. The van der Waals surface area contributed by atoms with Crippen molar-refractivity contribution in [2.24, 2.45) is 5.41 Å². The van der Waals surface area contributed by atoms with Crippen molar-refractivity contribution in [2.75, 3.05) is 5.33 Å². The van der Waals surface area contributed by atoms with Crippen molar-refractivity contribution >= 4 is 27.0 Å². The number of alkyl halides is 1. The van der Waals surface area contributed by atoms with Crippen LogP contribution in [0, 0.1) is 5.41 Å². The molecule has 1 aliphatic rings. The van der Waals surface area contributed by atoms with E-state index in [1.54, 1.807) is 0 Å². The van der Waals surface area contributed by atoms with Crippen molar-refractivity contribution in [2.45, 2.75) is 38.6 Å². The summed E-state index contributed by atoms with van der Waals surface area (Å²) in [5, 5.41) is 0.950. The Labute approximate surface area is 120 Å². The number of aromatic nitrogens is 1. The molecule has 0 bridgehead atoms. The van der Waals surface area contributed by atoms with Gasteiger partial charge in [-0.05, 0) is 30.4 Å². The Bertz CT molecular complexity index is 622. The first-order chi connectivity index (χ1) is 9.24. The Kier molecular flexibility index (Phi) is 3.52. The van der Waals surface area contributed by atoms with Crippen molar-refractivity contribution in [1.29, 1.82) is 0 Å². The number of nitrogens with zero attached hydrogens (tertiary/aromatic N) is 1. The normalized spacial score (nSPS) is 18.8. The van der Waals surface area contributed by atoms with Gasteiger partial charge in [-0.15, -0.1) is 0 Å². The number of benzene rings is 1. The highest BCUT2D eigenvalue weighted by atomic mass is 79.9. The summed E-state index contributed by atoms with van der Waals surface area (Å²) < 4.78 is 7.13. The van der Waals surface area contributed by atoms with Crippen molar-refractivity contribution in [3.8, 4) is 0 Å². The molecule has 0 amide bonds. The van der Waals surface area contributed by atoms with Crippen molar-refractivity contribution in [3.05, 3.63) is 34.8 Å². The molecule has 1 heterocycles. The van der Waals surface area contributed by atoms with Crippen LogP contribution in [0.5, 0.6) is 0 Å². The first-order valence-corrected chi connectivity index (χ1v) is 8.01. The summed E-state index contributed by atoms with van der Waals surface area (Å²) in [5.41, 5.74) is 1.81. The number of para-hydroxylation sites is 2. The van der Waals surface area contributed by atoms with Crippen molar-refractivity contribution in [3.63, 3.8) is 0 Å². The van der Waals surface area contributed by atoms with Crippen LogP contribution in [0.3, 0.4) is 0 Å². The number of oxazole rings is 1. The lowest BCUT2D eigenvalue weighted by Gasteiger charge is -2.35. The number of fused-ring (bicyclic) bond motifs is 1. The Morgan fingerprint density at radius 1 is 1.21 bits per heavy atom. The number of hydrogen-bond acceptors (Lipinski definition) is 2. The quantitative estimate of drug-likeness (QED) is 0.802. The molecule has 2 aromatic rings. The fourth-order valence-electron chi connectivity index (χ4n) is 3.13. The van der Waals surface area contributed by atoms with Gasteiger partial charge >= 0.3 is 5.76 Å². The molecule has 1 aromatic heterocycles. The van der Waals surface area contributed by atoms with Gasteiger partial charge in [-0.1, -0.05) is 47.3 Å². The van der Waals surface area contributed by atoms with E-state index in [0.29, 0.717) is 5.58 Å². The van der Waals surface area contributed by atoms with E-state index in [-0.39, 0.29) is 11.2 Å². The second-order valence-corrected chi connectivity index (χ2v) is 6.18. The third kappa shape index (κ3) is 2.38. The van der Waals surface area contributed by atoms with Crippen LogP contribution in [0.4, 0.5) is 0 Å². The molecule has 4 heteroatoms. The molecule has 0 saturated heterocycles. The highest BCUT2D eigenvalue weighted by molar-refractivity contribution is 9.09. The van der Waals surface area contributed by atoms with Gasteiger partial charge in [-0.3, -0.25) is 4.57 Å². The van der Waals surface area contributed by atoms with Gasteiger partial charge in [0, 0.05) is 11.9 Å². The predicted molar refractivity (Wildman–Crippen MR) is 79.8 cm³/mol. The lowest BCUT2D eigenvalue weighted by atomic mass is 9.75. The van der Waals surface area contributed by atoms with Gasteiger partial charge in [0.1, 0.15) is 0 Å². The van der Waals surface area contributed by atoms with Gasteiger partial charge < -0.3 is 4.42 Å². The van der Waals surface area contributed by atoms with Gasteiger partial charge in [-0.25, -0.2) is 4.79 Å². The molecule has 19 heavy (non-hydrogen) atoms. The SMILES string of the molecule is O=c1oc2ccccc2n1CC1(CBr)CCCCC1. The van der Waals surface area contributed by atoms with Crippen LogP contribution in [0.25, 0.3) is 11.1 Å². The van der Waals surface area contributed by atoms with Crippen molar-refractivity contribution in [1.82, 2.24) is 4.57 Å². The Hall–Kier alpha value is -1.03. The molecule has 1 fully saturated rings. The summed E-state index contributed by atoms with van der Waals surface area (Å²) in [4.78, 5) is 12.1. The maximum Gasteiger partial charge on any atom is 0.419 e. The average Bonchev–Trinajstić information content (AvgIpc) is 2.76. The molecule has 3 rings (SSSR count). The topological polar surface area (TPSA) is 35.1 Å². The van der Waals surface area contributed by atoms with E-state index in [9.17, 15) is 4.79 Å². The maximum atomic E-state index is 12.1. The van der Waals surface area contributed by atoms with Gasteiger partial charge in [0.05, 0.1) is 5.52 Å². The van der Waals surface area contributed by atoms with E-state index < -0.39 is 0 Å². The second kappa shape index (κ2) is 5.16. The Balaban J connectivity index is 2.00. The minimum absolute atomic E-state index is 0.203. The number of halogens is 1. The van der Waals surface area contributed by atoms with E-state index in [2.05, 4.69) is 15.9 Å². The molecule has 102 valence electrons. The molecule has 0 unspecified atom stereocenters. The standard InChI is InChI=1S/C15H18BrNO2/c16-10-15(8-4-1-5-9-15)11-17-12-6-2-3-7-13(12)19-14(17)18/h2-3,6-7H,1,4-5,8-11H2. The van der Waals surface area contributed by atoms with E-state index in [0.717, 1.165) is 17.4 Å². The first-order valence-electron chi connectivity index (χ1n) is 6.88. The van der Waals surface area contributed by atoms with E-state index >= 15 is 0 Å². The van der Waals surface area contributed by atoms with Gasteiger partial charge in [0.25, 0.3) is 0 Å². The second-order valence-electron chi connectivity index (χ2n) is 5.62. The zero-order valence-electron chi connectivity index (χ0n) is 10.9. The van der Waals surface area contributed by atoms with Crippen LogP contribution in [-0.2, 0) is 6.54 Å². The predicted octanol–water partition coefficient (Wildman–Crippen LogP) is 3.94. The Morgan fingerprint density at radius 2 is 1.95 bits per heavy atom. The zero-order chi connectivity index (χ0) is 13.3. The highest BCUT2D eigenvalue weighted by Gasteiger charge is 2.32. The molecule has 1 saturated carbocycles. The minimum atomic E-state index is -0.230. The Morgan fingerprint density at radius 3 is 2.68 bits per heavy atom. The fraction of sp³-hybridized carbons (Fsp3) is 0.533. The van der Waals surface area contributed by atoms with Crippen LogP contribution in [0.1, 0.15) is 32.1 Å². The summed E-state index contributed by atoms with van der Waals surface area (Å²) >= 11 is 3.66. The van der Waals surface area contributed by atoms with E-state index in [1.807, 2.05) is 28.8 Å². The largest absolute Gasteiger partial charge is 0.419 e. The number of hydrogen-bond donors (Lipinski definition) is 0. The third-order valence-electron chi connectivity index (χ3n) is 4.26. The highest BCUT2D eigenvalue weighted by Crippen LogP contribution is 2.39. The lowest BCUT2D eigenvalue weighted by molar-refractivity contribution is 0.188. The molecule has 0 atom stereocenters. The van der Waals surface area contributed by atoms with Crippen LogP contribution >= 0.6 is 15.9 Å². The van der Waals surface area contributed by atoms with Crippen LogP contribution in [0.15, 0.2) is 33.5 Å². The van der Waals surface area contributed by atoms with E-state index in [1.165, 1.54) is 32.1 Å². The molecular weight excluding hydrogens is 306 g/mol. The zero-order valence-corrected chi connectivity index (χ0v) is 12.5. The van der Waals surface area contributed by atoms with Gasteiger partial charge in [0.15, 0.2) is 5.58 Å². The molecule has 1 aliphatic carbocycles. The third-order valence-corrected chi connectivity index (χ3v) is 5.45. The summed E-state index contributed by atoms with van der Waals surface area (Å²) in [6, 6.07) is 7.67. The molecule has 0 aliphatic heterocycles. The average molecular weight is 324 g/mol. The smallest absolute Gasteiger partial charge is 0.408 e. The van der Waals surface area contributed by atoms with Crippen LogP contribution in [0.2, 0.25) is 0 Å². The molecule has 0 N–H and O–H groups in total. The molecule has 0 radical (unpaired) electrons. The number of rotatable bonds is 3. The molecule has 3 nitrogen and oxygen atoms in total. The maximum absolute atomic E-state index is 12.1.